The maximum absolute atomic E-state index is 14.3. The Morgan fingerprint density at radius 3 is 1.13 bits per heavy atom. The fraction of sp³-hybridized carbons (Fsp3) is 0.917. The maximum atomic E-state index is 14.3. The normalized spacial score (nSPS) is 35.6. The minimum atomic E-state index is -3.68. The third kappa shape index (κ3) is 36.4. The van der Waals surface area contributed by atoms with E-state index in [4.69, 9.17) is 66.3 Å². The molecule has 0 aliphatic carbocycles. The Bertz CT molecular complexity index is 3940. The number of carboxylic acid groups (broad SMARTS) is 3. The van der Waals surface area contributed by atoms with E-state index < -0.39 is 369 Å². The highest BCUT2D eigenvalue weighted by Crippen LogP contribution is 2.46. The molecule has 53 nitrogen and oxygen atoms in total. The number of carbonyl (C=O) groups is 8. The van der Waals surface area contributed by atoms with E-state index in [-0.39, 0.29) is 12.8 Å². The SMILES string of the molecule is CCCCCCCCCCCCCCCCCCCC(=O)N[C@@H](CO[C@@H]1O[C@H](CO)[C@@H](O[C@@H]2O[C@H](CO)[C@H](O)[C@H](O[C@@H]3O[C@H](CO)[C@H](O)[C@H](O[C@]4(C(=O)O)C[C@H](O)[C@@H](NC(C)=O)[C@H]([C@H](O)[C@@H](CO)O[C@@H]5O[C@H](CO)[C@H](O[C@]6(C(=O)O)C[C@H](O)[C@@H](NC(C)=O)[C@H]([C@H](O)[C@H](O)CO)O6)[C@H](O[C@]6(C(=O)O)C[C@H](O)[C@@H](NC(C)=O)[C@H]([C@H](O)[C@H](O)CO)O6)[C@H]5O)O4)[C@H]3NC(C)=O)[C@H]2O)[C@H](O)[C@H]1O)[C@H](O)[C@H](O)CCCCCCCCCC(C)CC. The Hall–Kier alpha value is -5.72. The van der Waals surface area contributed by atoms with Crippen molar-refractivity contribution in [1.29, 1.82) is 0 Å². The molecule has 7 rings (SSSR count). The van der Waals surface area contributed by atoms with Crippen molar-refractivity contribution in [3.05, 3.63) is 0 Å². The van der Waals surface area contributed by atoms with Crippen molar-refractivity contribution in [3.63, 3.8) is 0 Å². The minimum absolute atomic E-state index is 0.0435. The summed E-state index contributed by atoms with van der Waals surface area (Å²) in [6.07, 6.45) is -53.6. The summed E-state index contributed by atoms with van der Waals surface area (Å²) >= 11 is 0. The number of hydrogen-bond donors (Lipinski definition) is 31. The second-order valence-electron chi connectivity index (χ2n) is 40.3. The molecule has 0 aromatic rings. The predicted octanol–water partition coefficient (Wildman–Crippen LogP) is -7.25. The zero-order valence-electron chi connectivity index (χ0n) is 85.7. The summed E-state index contributed by atoms with van der Waals surface area (Å²) in [7, 11) is 0. The van der Waals surface area contributed by atoms with Gasteiger partial charge in [-0.1, -0.05) is 181 Å². The summed E-state index contributed by atoms with van der Waals surface area (Å²) in [6.45, 7) is -0.109. The van der Waals surface area contributed by atoms with Crippen LogP contribution in [0.1, 0.15) is 248 Å². The summed E-state index contributed by atoms with van der Waals surface area (Å²) in [5.41, 5.74) is 0. The van der Waals surface area contributed by atoms with Gasteiger partial charge in [-0.15, -0.1) is 0 Å². The first-order valence-corrected chi connectivity index (χ1v) is 52.2. The average Bonchev–Trinajstić information content (AvgIpc) is 0.794. The molecule has 0 spiro atoms. The van der Waals surface area contributed by atoms with Gasteiger partial charge in [0.1, 0.15) is 159 Å². The topological polar surface area (TPSA) is 852 Å². The van der Waals surface area contributed by atoms with Crippen molar-refractivity contribution in [1.82, 2.24) is 26.6 Å². The number of rotatable bonds is 67. The molecule has 53 heteroatoms. The molecule has 0 bridgehead atoms. The van der Waals surface area contributed by atoms with E-state index in [1.54, 1.807) is 0 Å². The number of aliphatic hydroxyl groups is 23. The van der Waals surface area contributed by atoms with Gasteiger partial charge in [0.05, 0.1) is 101 Å². The van der Waals surface area contributed by atoms with E-state index in [0.29, 0.717) is 18.8 Å². The second-order valence-corrected chi connectivity index (χ2v) is 40.3. The van der Waals surface area contributed by atoms with Gasteiger partial charge in [0.25, 0.3) is 17.4 Å². The maximum Gasteiger partial charge on any atom is 0.364 e. The van der Waals surface area contributed by atoms with E-state index >= 15 is 0 Å². The van der Waals surface area contributed by atoms with Crippen LogP contribution in [0.3, 0.4) is 0 Å². The Kier molecular flexibility index (Phi) is 55.6. The number of carboxylic acids is 3. The lowest BCUT2D eigenvalue weighted by Gasteiger charge is -2.53. The molecule has 7 aliphatic rings. The van der Waals surface area contributed by atoms with Gasteiger partial charge in [-0.05, 0) is 18.8 Å². The predicted molar refractivity (Wildman–Crippen MR) is 507 cm³/mol. The van der Waals surface area contributed by atoms with Crippen LogP contribution in [0.5, 0.6) is 0 Å². The van der Waals surface area contributed by atoms with Crippen LogP contribution in [0.25, 0.3) is 0 Å². The lowest BCUT2D eigenvalue weighted by molar-refractivity contribution is -0.404. The van der Waals surface area contributed by atoms with Gasteiger partial charge in [0, 0.05) is 53.4 Å². The van der Waals surface area contributed by atoms with Crippen LogP contribution in [0, 0.1) is 5.92 Å². The first kappa shape index (κ1) is 130. The van der Waals surface area contributed by atoms with Crippen molar-refractivity contribution in [2.45, 2.75) is 497 Å². The molecule has 31 N–H and O–H groups in total. The van der Waals surface area contributed by atoms with Gasteiger partial charge in [-0.25, -0.2) is 14.4 Å². The summed E-state index contributed by atoms with van der Waals surface area (Å²) in [6, 6.07) is -9.64. The van der Waals surface area contributed by atoms with Gasteiger partial charge in [-0.3, -0.25) is 24.0 Å². The standard InChI is InChI=1S/C96H169N5O48/c1-8-10-11-12-13-14-15-16-17-18-19-20-21-22-26-29-32-35-64(119)101-52(69(120)53(113)34-31-28-25-23-24-27-30-33-47(3)9-2)46-136-88-76(127)75(126)79(62(44-107)140-88)142-90-77(128)85(74(125)61(43-106)139-90)143-87-68(100-51(7)112)84(73(124)59(41-104)137-87)148-95(92(132)133)37-56(116)67(99-50(6)111)83(147-95)72(123)60(42-105)138-89-78(129)86(149-96(93(134)135)38-55(115)66(98-49(5)110)82(146-96)71(122)58(118)40-103)80(63(45-108)141-89)144-94(91(130)131)36-54(114)65(97-48(4)109)81(145-94)70(121)57(117)39-102/h47,52-63,65-90,102-108,113-118,120-129H,8-46H2,1-7H3,(H,97,109)(H,98,110)(H,99,111)(H,100,112)(H,101,119)(H,130,131)(H,132,133)(H,134,135)/t47?,52-,53+,54-,55-,56-,57+,58+,59+,60+,61+,62+,63+,65+,66+,67+,68+,69-,70+,71+,72+,73-,74-,75+,76+,77+,78+,79+,80-,81+,82+,83+,84+,85-,86+,87-,88+,89+,90-,94+,95-,96-/m0/s1. The molecule has 1 unspecified atom stereocenters. The van der Waals surface area contributed by atoms with Gasteiger partial charge < -0.3 is 226 Å². The van der Waals surface area contributed by atoms with E-state index in [0.717, 1.165) is 118 Å². The Morgan fingerprint density at radius 2 is 0.718 bits per heavy atom. The zero-order chi connectivity index (χ0) is 111. The molecule has 7 fully saturated rings. The molecule has 0 radical (unpaired) electrons. The molecule has 0 saturated carbocycles. The van der Waals surface area contributed by atoms with Crippen molar-refractivity contribution >= 4 is 47.4 Å². The monoisotopic (exact) mass is 2160 g/mol. The third-order valence-corrected chi connectivity index (χ3v) is 28.6. The van der Waals surface area contributed by atoms with E-state index in [2.05, 4.69) is 47.4 Å². The number of amides is 5. The first-order valence-electron chi connectivity index (χ1n) is 52.2. The Labute approximate surface area is 864 Å². The van der Waals surface area contributed by atoms with Crippen LogP contribution in [0.15, 0.2) is 0 Å². The largest absolute Gasteiger partial charge is 0.477 e. The van der Waals surface area contributed by atoms with E-state index in [1.165, 1.54) is 64.2 Å². The second kappa shape index (κ2) is 63.6. The molecule has 7 saturated heterocycles. The highest BCUT2D eigenvalue weighted by molar-refractivity contribution is 5.79. The molecule has 7 heterocycles. The summed E-state index contributed by atoms with van der Waals surface area (Å²) in [5.74, 6) is -22.0. The van der Waals surface area contributed by atoms with Crippen LogP contribution in [-0.4, -0.2) is 483 Å². The number of aliphatic carboxylic acids is 3. The Balaban J connectivity index is 1.14. The molecule has 7 aliphatic heterocycles. The van der Waals surface area contributed by atoms with Crippen LogP contribution in [-0.2, 0) is 105 Å². The molecule has 0 aromatic heterocycles. The fourth-order valence-electron chi connectivity index (χ4n) is 19.9. The Morgan fingerprint density at radius 1 is 0.362 bits per heavy atom. The molecule has 5 amide bonds. The number of aliphatic hydroxyl groups excluding tert-OH is 23. The van der Waals surface area contributed by atoms with Crippen LogP contribution < -0.4 is 26.6 Å². The van der Waals surface area contributed by atoms with Gasteiger partial charge in [0.2, 0.25) is 29.5 Å². The number of hydrogen-bond acceptors (Lipinski definition) is 45. The smallest absolute Gasteiger partial charge is 0.364 e. The minimum Gasteiger partial charge on any atom is -0.477 e. The van der Waals surface area contributed by atoms with E-state index in [9.17, 15) is 171 Å². The third-order valence-electron chi connectivity index (χ3n) is 28.6. The number of unbranched alkanes of at least 4 members (excludes halogenated alkanes) is 22. The fourth-order valence-corrected chi connectivity index (χ4v) is 19.9. The molecule has 149 heavy (non-hydrogen) atoms. The number of carbonyl (C=O) groups excluding carboxylic acids is 5. The molecular weight excluding hydrogens is 1990 g/mol. The molecule has 0 aromatic carbocycles. The summed E-state index contributed by atoms with van der Waals surface area (Å²) in [5, 5.41) is 309. The average molecular weight is 2160 g/mol. The van der Waals surface area contributed by atoms with E-state index in [1.807, 2.05) is 0 Å². The van der Waals surface area contributed by atoms with Crippen molar-refractivity contribution in [3.8, 4) is 0 Å². The molecular formula is C96H169N5O48. The highest BCUT2D eigenvalue weighted by Gasteiger charge is 2.67. The van der Waals surface area contributed by atoms with Crippen LogP contribution >= 0.6 is 0 Å². The first-order chi connectivity index (χ1) is 70.7. The van der Waals surface area contributed by atoms with Gasteiger partial charge in [0.15, 0.2) is 25.2 Å². The quantitative estimate of drug-likeness (QED) is 0.0252. The number of ether oxygens (including phenoxy) is 14. The highest BCUT2D eigenvalue weighted by atomic mass is 16.8. The van der Waals surface area contributed by atoms with Gasteiger partial charge >= 0.3 is 17.9 Å². The molecule has 42 atom stereocenters. The van der Waals surface area contributed by atoms with Crippen molar-refractivity contribution < 1.29 is 237 Å². The zero-order valence-corrected chi connectivity index (χ0v) is 85.7. The molecule has 866 valence electrons. The number of nitrogens with one attached hydrogen (secondary N) is 5. The lowest BCUT2D eigenvalue weighted by Crippen LogP contribution is -2.73. The van der Waals surface area contributed by atoms with Crippen LogP contribution in [0.2, 0.25) is 0 Å². The van der Waals surface area contributed by atoms with Crippen LogP contribution in [0.4, 0.5) is 0 Å². The summed E-state index contributed by atoms with van der Waals surface area (Å²) < 4.78 is 83.6. The van der Waals surface area contributed by atoms with Crippen molar-refractivity contribution in [2.75, 3.05) is 52.9 Å². The lowest BCUT2D eigenvalue weighted by atomic mass is 9.87. The van der Waals surface area contributed by atoms with Crippen molar-refractivity contribution in [2.24, 2.45) is 5.92 Å². The summed E-state index contributed by atoms with van der Waals surface area (Å²) in [4.78, 5) is 108. The van der Waals surface area contributed by atoms with Gasteiger partial charge in [-0.2, -0.15) is 0 Å².